The van der Waals surface area contributed by atoms with Crippen LogP contribution in [0.4, 0.5) is 33.3 Å². The van der Waals surface area contributed by atoms with Gasteiger partial charge in [-0.25, -0.2) is 13.8 Å². The molecule has 2 N–H and O–H groups in total. The minimum absolute atomic E-state index is 0.0144. The van der Waals surface area contributed by atoms with Gasteiger partial charge in [0.15, 0.2) is 5.82 Å². The van der Waals surface area contributed by atoms with Gasteiger partial charge in [-0.05, 0) is 51.8 Å². The number of nitrogens with one attached hydrogen (secondary N) is 2. The molecule has 5 rings (SSSR count). The summed E-state index contributed by atoms with van der Waals surface area (Å²) in [5, 5.41) is 2.31. The fourth-order valence-corrected chi connectivity index (χ4v) is 4.95. The maximum atomic E-state index is 16.3. The van der Waals surface area contributed by atoms with Gasteiger partial charge in [-0.15, -0.1) is 0 Å². The first kappa shape index (κ1) is 29.5. The van der Waals surface area contributed by atoms with Crippen LogP contribution >= 0.6 is 0 Å². The summed E-state index contributed by atoms with van der Waals surface area (Å²) in [6.45, 7) is 5.09. The SMILES string of the molecule is C[C@@H]1CN(c2cc(F)c(-c3ccc(OCC4CC4)nc3)c(F)c2NC(=O)c2cc(C(F)(F)F)cc(=O)[nH]2)C[C@H](C)N1C. The first-order valence-electron chi connectivity index (χ1n) is 13.5. The molecule has 224 valence electrons. The summed E-state index contributed by atoms with van der Waals surface area (Å²) in [7, 11) is 1.93. The summed E-state index contributed by atoms with van der Waals surface area (Å²) in [6, 6.07) is 4.75. The third-order valence-corrected chi connectivity index (χ3v) is 7.74. The van der Waals surface area contributed by atoms with E-state index in [0.717, 1.165) is 18.9 Å². The van der Waals surface area contributed by atoms with Crippen molar-refractivity contribution in [1.82, 2.24) is 14.9 Å². The van der Waals surface area contributed by atoms with Crippen LogP contribution < -0.4 is 20.5 Å². The Labute approximate surface area is 238 Å². The van der Waals surface area contributed by atoms with Crippen LogP contribution in [0.25, 0.3) is 11.1 Å². The number of hydrogen-bond donors (Lipinski definition) is 2. The fourth-order valence-electron chi connectivity index (χ4n) is 4.95. The quantitative estimate of drug-likeness (QED) is 0.363. The lowest BCUT2D eigenvalue weighted by Gasteiger charge is -2.44. The zero-order chi connectivity index (χ0) is 30.3. The van der Waals surface area contributed by atoms with Crippen molar-refractivity contribution in [2.75, 3.05) is 37.0 Å². The van der Waals surface area contributed by atoms with E-state index in [9.17, 15) is 22.8 Å². The van der Waals surface area contributed by atoms with Crippen molar-refractivity contribution in [3.8, 4) is 17.0 Å². The molecule has 0 bridgehead atoms. The zero-order valence-electron chi connectivity index (χ0n) is 23.2. The van der Waals surface area contributed by atoms with E-state index in [1.807, 2.05) is 20.9 Å². The Morgan fingerprint density at radius 3 is 2.40 bits per heavy atom. The second-order valence-electron chi connectivity index (χ2n) is 10.9. The number of carbonyl (C=O) groups is 1. The molecule has 0 unspecified atom stereocenters. The van der Waals surface area contributed by atoms with E-state index >= 15 is 8.78 Å². The molecule has 3 aromatic rings. The topological polar surface area (TPSA) is 90.6 Å². The van der Waals surface area contributed by atoms with Crippen LogP contribution in [-0.2, 0) is 6.18 Å². The van der Waals surface area contributed by atoms with Crippen molar-refractivity contribution in [2.24, 2.45) is 5.92 Å². The van der Waals surface area contributed by atoms with Crippen molar-refractivity contribution in [1.29, 1.82) is 0 Å². The van der Waals surface area contributed by atoms with E-state index in [1.54, 1.807) is 4.90 Å². The lowest BCUT2D eigenvalue weighted by molar-refractivity contribution is -0.137. The predicted molar refractivity (Wildman–Crippen MR) is 147 cm³/mol. The largest absolute Gasteiger partial charge is 0.477 e. The molecule has 1 amide bonds. The highest BCUT2D eigenvalue weighted by molar-refractivity contribution is 6.05. The summed E-state index contributed by atoms with van der Waals surface area (Å²) in [5.74, 6) is -2.48. The van der Waals surface area contributed by atoms with Gasteiger partial charge < -0.3 is 19.9 Å². The number of amides is 1. The lowest BCUT2D eigenvalue weighted by atomic mass is 10.0. The number of likely N-dealkylation sites (N-methyl/N-ethyl adjacent to an activating group) is 1. The van der Waals surface area contributed by atoms with Crippen LogP contribution in [0.1, 0.15) is 42.7 Å². The Bertz CT molecular complexity index is 1530. The Kier molecular flexibility index (Phi) is 7.97. The molecule has 0 spiro atoms. The van der Waals surface area contributed by atoms with E-state index in [1.165, 1.54) is 18.3 Å². The van der Waals surface area contributed by atoms with Crippen LogP contribution in [0.2, 0.25) is 0 Å². The fraction of sp³-hybridized carbons (Fsp3) is 0.414. The number of anilines is 2. The van der Waals surface area contributed by atoms with Crippen molar-refractivity contribution >= 4 is 17.3 Å². The molecule has 42 heavy (non-hydrogen) atoms. The molecule has 2 atom stereocenters. The number of rotatable bonds is 7. The minimum atomic E-state index is -4.89. The van der Waals surface area contributed by atoms with E-state index in [-0.39, 0.29) is 23.3 Å². The number of halogens is 5. The summed E-state index contributed by atoms with van der Waals surface area (Å²) in [5.41, 5.74) is -4.07. The second kappa shape index (κ2) is 11.3. The molecule has 1 saturated carbocycles. The monoisotopic (exact) mass is 591 g/mol. The molecular weight excluding hydrogens is 561 g/mol. The number of ether oxygens (including phenoxy) is 1. The van der Waals surface area contributed by atoms with E-state index in [2.05, 4.69) is 20.2 Å². The standard InChI is InChI=1S/C29H30F5N5O3/c1-15-12-39(13-16(2)38(15)3)22-10-20(30)25(18-6-7-24(35-11-18)42-14-17-4-5-17)26(31)27(22)37-28(41)21-8-19(29(32,33)34)9-23(40)36-21/h6-11,15-17H,4-5,12-14H2,1-3H3,(H,36,40)(H,37,41)/t15-,16+. The van der Waals surface area contributed by atoms with Crippen LogP contribution in [-0.4, -0.2) is 59.6 Å². The van der Waals surface area contributed by atoms with Crippen LogP contribution in [0, 0.1) is 17.6 Å². The molecule has 2 aromatic heterocycles. The maximum Gasteiger partial charge on any atom is 0.416 e. The summed E-state index contributed by atoms with van der Waals surface area (Å²) in [4.78, 5) is 35.1. The molecule has 13 heteroatoms. The first-order chi connectivity index (χ1) is 19.8. The van der Waals surface area contributed by atoms with Crippen LogP contribution in [0.5, 0.6) is 5.88 Å². The number of carbonyl (C=O) groups excluding carboxylic acids is 1. The van der Waals surface area contributed by atoms with Gasteiger partial charge in [-0.1, -0.05) is 0 Å². The van der Waals surface area contributed by atoms with E-state index < -0.39 is 51.8 Å². The highest BCUT2D eigenvalue weighted by Gasteiger charge is 2.34. The molecule has 1 saturated heterocycles. The molecule has 0 radical (unpaired) electrons. The second-order valence-corrected chi connectivity index (χ2v) is 10.9. The Morgan fingerprint density at radius 1 is 1.12 bits per heavy atom. The average molecular weight is 592 g/mol. The molecule has 1 aliphatic heterocycles. The van der Waals surface area contributed by atoms with E-state index in [4.69, 9.17) is 4.74 Å². The summed E-state index contributed by atoms with van der Waals surface area (Å²) < 4.78 is 77.5. The molecule has 3 heterocycles. The van der Waals surface area contributed by atoms with Crippen molar-refractivity contribution in [3.05, 3.63) is 69.8 Å². The van der Waals surface area contributed by atoms with Gasteiger partial charge in [0.05, 0.1) is 23.4 Å². The number of piperazine rings is 1. The van der Waals surface area contributed by atoms with Gasteiger partial charge in [0.25, 0.3) is 5.91 Å². The molecule has 1 aliphatic carbocycles. The lowest BCUT2D eigenvalue weighted by Crippen LogP contribution is -2.55. The Hall–Kier alpha value is -4.00. The van der Waals surface area contributed by atoms with Crippen molar-refractivity contribution in [2.45, 2.75) is 44.9 Å². The molecule has 2 fully saturated rings. The number of aromatic nitrogens is 2. The number of H-pyrrole nitrogens is 1. The number of hydrogen-bond acceptors (Lipinski definition) is 6. The Balaban J connectivity index is 1.55. The number of nitrogens with zero attached hydrogens (tertiary/aromatic N) is 3. The van der Waals surface area contributed by atoms with Gasteiger partial charge in [-0.3, -0.25) is 14.5 Å². The van der Waals surface area contributed by atoms with Crippen LogP contribution in [0.15, 0.2) is 41.3 Å². The van der Waals surface area contributed by atoms with Crippen molar-refractivity contribution < 1.29 is 31.5 Å². The molecule has 1 aromatic carbocycles. The van der Waals surface area contributed by atoms with E-state index in [0.29, 0.717) is 43.6 Å². The third kappa shape index (κ3) is 6.25. The van der Waals surface area contributed by atoms with Gasteiger partial charge in [0.1, 0.15) is 17.2 Å². The predicted octanol–water partition coefficient (Wildman–Crippen LogP) is 5.30. The number of aromatic amines is 1. The normalized spacial score (nSPS) is 19.6. The summed E-state index contributed by atoms with van der Waals surface area (Å²) >= 11 is 0. The average Bonchev–Trinajstić information content (AvgIpc) is 3.76. The van der Waals surface area contributed by atoms with Crippen molar-refractivity contribution in [3.63, 3.8) is 0 Å². The van der Waals surface area contributed by atoms with Crippen LogP contribution in [0.3, 0.4) is 0 Å². The third-order valence-electron chi connectivity index (χ3n) is 7.74. The molecule has 2 aliphatic rings. The highest BCUT2D eigenvalue weighted by atomic mass is 19.4. The van der Waals surface area contributed by atoms with Gasteiger partial charge >= 0.3 is 6.18 Å². The number of pyridine rings is 2. The highest BCUT2D eigenvalue weighted by Crippen LogP contribution is 2.40. The zero-order valence-corrected chi connectivity index (χ0v) is 23.2. The number of benzene rings is 1. The molecular formula is C29H30F5N5O3. The molecule has 8 nitrogen and oxygen atoms in total. The minimum Gasteiger partial charge on any atom is -0.477 e. The van der Waals surface area contributed by atoms with Gasteiger partial charge in [-0.2, -0.15) is 13.2 Å². The van der Waals surface area contributed by atoms with Gasteiger partial charge in [0.2, 0.25) is 11.4 Å². The van der Waals surface area contributed by atoms with Gasteiger partial charge in [0, 0.05) is 55.1 Å². The Morgan fingerprint density at radius 2 is 1.81 bits per heavy atom. The summed E-state index contributed by atoms with van der Waals surface area (Å²) in [6.07, 6.45) is -1.49. The first-order valence-corrected chi connectivity index (χ1v) is 13.5. The number of alkyl halides is 3. The smallest absolute Gasteiger partial charge is 0.416 e. The maximum absolute atomic E-state index is 16.3.